The molecule has 0 fully saturated rings. The van der Waals surface area contributed by atoms with Gasteiger partial charge in [0.25, 0.3) is 0 Å². The molecule has 1 aromatic carbocycles. The van der Waals surface area contributed by atoms with Gasteiger partial charge < -0.3 is 16.0 Å². The van der Waals surface area contributed by atoms with Gasteiger partial charge in [0.05, 0.1) is 0 Å². The Kier molecular flexibility index (Phi) is 4.90. The highest BCUT2D eigenvalue weighted by atomic mass is 79.9. The molecule has 0 aliphatic carbocycles. The van der Waals surface area contributed by atoms with E-state index in [-0.39, 0.29) is 0 Å². The summed E-state index contributed by atoms with van der Waals surface area (Å²) in [4.78, 5) is 14.9. The van der Waals surface area contributed by atoms with Crippen LogP contribution in [0.15, 0.2) is 59.5 Å². The van der Waals surface area contributed by atoms with Crippen LogP contribution in [0.4, 0.5) is 28.8 Å². The van der Waals surface area contributed by atoms with Crippen LogP contribution in [0, 0.1) is 0 Å². The predicted octanol–water partition coefficient (Wildman–Crippen LogP) is 4.12. The molecule has 0 unspecified atom stereocenters. The molecule has 0 bridgehead atoms. The fraction of sp³-hybridized carbons (Fsp3) is 0.118. The third kappa shape index (κ3) is 3.46. The summed E-state index contributed by atoms with van der Waals surface area (Å²) >= 11 is 3.36. The van der Waals surface area contributed by atoms with Gasteiger partial charge in [-0.05, 0) is 47.1 Å². The number of aromatic nitrogens is 3. The summed E-state index contributed by atoms with van der Waals surface area (Å²) in [5, 5.41) is 3.14. The van der Waals surface area contributed by atoms with E-state index in [9.17, 15) is 0 Å². The highest BCUT2D eigenvalue weighted by molar-refractivity contribution is 9.10. The highest BCUT2D eigenvalue weighted by Crippen LogP contribution is 2.32. The van der Waals surface area contributed by atoms with Gasteiger partial charge in [-0.1, -0.05) is 18.2 Å². The van der Waals surface area contributed by atoms with Crippen LogP contribution < -0.4 is 16.0 Å². The van der Waals surface area contributed by atoms with Crippen molar-refractivity contribution < 1.29 is 0 Å². The average Bonchev–Trinajstić information content (AvgIpc) is 2.61. The topological polar surface area (TPSA) is 80.0 Å². The molecular formula is C17H17BrN6. The van der Waals surface area contributed by atoms with E-state index in [1.165, 1.54) is 6.33 Å². The number of rotatable bonds is 5. The number of nitrogens with one attached hydrogen (secondary N) is 1. The van der Waals surface area contributed by atoms with Crippen LogP contribution in [0.3, 0.4) is 0 Å². The van der Waals surface area contributed by atoms with Crippen LogP contribution in [0.25, 0.3) is 0 Å². The van der Waals surface area contributed by atoms with Crippen molar-refractivity contribution in [2.75, 3.05) is 22.5 Å². The molecule has 3 aromatic rings. The minimum absolute atomic E-state index is 0.480. The monoisotopic (exact) mass is 384 g/mol. The van der Waals surface area contributed by atoms with Crippen LogP contribution in [0.2, 0.25) is 0 Å². The molecule has 0 aliphatic heterocycles. The smallest absolute Gasteiger partial charge is 0.161 e. The Morgan fingerprint density at radius 2 is 1.88 bits per heavy atom. The first-order valence-electron chi connectivity index (χ1n) is 7.50. The summed E-state index contributed by atoms with van der Waals surface area (Å²) in [5.41, 5.74) is 7.81. The van der Waals surface area contributed by atoms with E-state index in [0.29, 0.717) is 23.1 Å². The fourth-order valence-corrected chi connectivity index (χ4v) is 2.57. The van der Waals surface area contributed by atoms with Crippen molar-refractivity contribution in [3.05, 3.63) is 59.5 Å². The molecule has 3 N–H and O–H groups in total. The third-order valence-electron chi connectivity index (χ3n) is 3.48. The third-order valence-corrected chi connectivity index (χ3v) is 3.95. The van der Waals surface area contributed by atoms with Crippen molar-refractivity contribution in [1.29, 1.82) is 0 Å². The number of nitrogens with two attached hydrogens (primary N) is 1. The molecule has 2 heterocycles. The minimum Gasteiger partial charge on any atom is -0.393 e. The Morgan fingerprint density at radius 3 is 2.54 bits per heavy atom. The van der Waals surface area contributed by atoms with Gasteiger partial charge in [0.15, 0.2) is 11.6 Å². The van der Waals surface area contributed by atoms with Crippen molar-refractivity contribution in [1.82, 2.24) is 15.0 Å². The second-order valence-corrected chi connectivity index (χ2v) is 5.94. The summed E-state index contributed by atoms with van der Waals surface area (Å²) in [6.45, 7) is 2.79. The lowest BCUT2D eigenvalue weighted by Crippen LogP contribution is -2.19. The molecule has 0 atom stereocenters. The largest absolute Gasteiger partial charge is 0.393 e. The zero-order valence-corrected chi connectivity index (χ0v) is 14.7. The summed E-state index contributed by atoms with van der Waals surface area (Å²) in [7, 11) is 0. The lowest BCUT2D eigenvalue weighted by molar-refractivity contribution is 0.980. The number of para-hydroxylation sites is 1. The number of hydrogen-bond donors (Lipinski definition) is 2. The van der Waals surface area contributed by atoms with E-state index in [0.717, 1.165) is 16.7 Å². The van der Waals surface area contributed by atoms with E-state index in [4.69, 9.17) is 5.73 Å². The van der Waals surface area contributed by atoms with E-state index >= 15 is 0 Å². The van der Waals surface area contributed by atoms with Gasteiger partial charge in [-0.3, -0.25) is 0 Å². The van der Waals surface area contributed by atoms with Crippen molar-refractivity contribution in [3.63, 3.8) is 0 Å². The molecule has 0 saturated heterocycles. The number of halogens is 1. The fourth-order valence-electron chi connectivity index (χ4n) is 2.33. The maximum atomic E-state index is 6.31. The number of benzene rings is 1. The highest BCUT2D eigenvalue weighted by Gasteiger charge is 2.15. The molecule has 2 aromatic heterocycles. The molecule has 0 amide bonds. The molecule has 3 rings (SSSR count). The van der Waals surface area contributed by atoms with Gasteiger partial charge in [0, 0.05) is 22.9 Å². The van der Waals surface area contributed by atoms with E-state index in [1.807, 2.05) is 47.4 Å². The van der Waals surface area contributed by atoms with Crippen molar-refractivity contribution in [2.24, 2.45) is 0 Å². The first kappa shape index (κ1) is 16.2. The number of pyridine rings is 1. The van der Waals surface area contributed by atoms with Gasteiger partial charge in [-0.2, -0.15) is 0 Å². The Balaban J connectivity index is 1.94. The molecule has 6 nitrogen and oxygen atoms in total. The molecular weight excluding hydrogens is 368 g/mol. The first-order valence-corrected chi connectivity index (χ1v) is 8.30. The number of nitrogen functional groups attached to an aromatic ring is 1. The predicted molar refractivity (Wildman–Crippen MR) is 101 cm³/mol. The van der Waals surface area contributed by atoms with Crippen molar-refractivity contribution >= 4 is 44.8 Å². The lowest BCUT2D eigenvalue weighted by atomic mass is 10.2. The van der Waals surface area contributed by atoms with Crippen molar-refractivity contribution in [2.45, 2.75) is 6.92 Å². The zero-order valence-electron chi connectivity index (χ0n) is 13.1. The summed E-state index contributed by atoms with van der Waals surface area (Å²) in [6.07, 6.45) is 3.21. The normalized spacial score (nSPS) is 10.4. The van der Waals surface area contributed by atoms with Crippen LogP contribution >= 0.6 is 15.9 Å². The van der Waals surface area contributed by atoms with Crippen LogP contribution in [-0.2, 0) is 0 Å². The Labute approximate surface area is 148 Å². The van der Waals surface area contributed by atoms with Gasteiger partial charge >= 0.3 is 0 Å². The van der Waals surface area contributed by atoms with E-state index < -0.39 is 0 Å². The van der Waals surface area contributed by atoms with Crippen LogP contribution in [0.1, 0.15) is 6.92 Å². The SMILES string of the molecule is CCN(c1ccccc1)c1ncnc(Nc2ccc(Br)cn2)c1N. The Hall–Kier alpha value is -2.67. The number of hydrogen-bond acceptors (Lipinski definition) is 6. The minimum atomic E-state index is 0.480. The summed E-state index contributed by atoms with van der Waals surface area (Å²) < 4.78 is 0.908. The Morgan fingerprint density at radius 1 is 1.08 bits per heavy atom. The molecule has 7 heteroatoms. The summed E-state index contributed by atoms with van der Waals surface area (Å²) in [5.74, 6) is 1.86. The molecule has 122 valence electrons. The number of nitrogens with zero attached hydrogens (tertiary/aromatic N) is 4. The molecule has 0 saturated carbocycles. The maximum absolute atomic E-state index is 6.31. The number of anilines is 5. The molecule has 24 heavy (non-hydrogen) atoms. The van der Waals surface area contributed by atoms with Gasteiger partial charge in [0.1, 0.15) is 17.8 Å². The van der Waals surface area contributed by atoms with Gasteiger partial charge in [-0.15, -0.1) is 0 Å². The molecule has 0 radical (unpaired) electrons. The maximum Gasteiger partial charge on any atom is 0.161 e. The van der Waals surface area contributed by atoms with Gasteiger partial charge in [-0.25, -0.2) is 15.0 Å². The van der Waals surface area contributed by atoms with Crippen molar-refractivity contribution in [3.8, 4) is 0 Å². The second kappa shape index (κ2) is 7.27. The summed E-state index contributed by atoms with van der Waals surface area (Å²) in [6, 6.07) is 13.7. The quantitative estimate of drug-likeness (QED) is 0.688. The second-order valence-electron chi connectivity index (χ2n) is 5.03. The Bertz CT molecular complexity index is 807. The average molecular weight is 385 g/mol. The molecule has 0 spiro atoms. The van der Waals surface area contributed by atoms with E-state index in [2.05, 4.69) is 43.1 Å². The van der Waals surface area contributed by atoms with Crippen LogP contribution in [-0.4, -0.2) is 21.5 Å². The zero-order chi connectivity index (χ0) is 16.9. The van der Waals surface area contributed by atoms with Gasteiger partial charge in [0.2, 0.25) is 0 Å². The van der Waals surface area contributed by atoms with Crippen LogP contribution in [0.5, 0.6) is 0 Å². The first-order chi connectivity index (χ1) is 11.7. The molecule has 0 aliphatic rings. The standard InChI is InChI=1S/C17H17BrN6/c1-2-24(13-6-4-3-5-7-13)17-15(19)16(21-11-22-17)23-14-9-8-12(18)10-20-14/h3-11H,2,19H2,1H3,(H,20,21,22,23). The van der Waals surface area contributed by atoms with E-state index in [1.54, 1.807) is 6.20 Å². The lowest BCUT2D eigenvalue weighted by Gasteiger charge is -2.24.